The lowest BCUT2D eigenvalue weighted by atomic mass is 9.98. The molecule has 0 amide bonds. The maximum Gasteiger partial charge on any atom is 0.164 e. The molecule has 9 rings (SSSR count). The number of rotatable bonds is 8. The van der Waals surface area contributed by atoms with E-state index < -0.39 is 60.4 Å². The Hall–Kier alpha value is -7.37. The highest BCUT2D eigenvalue weighted by molar-refractivity contribution is 5.78. The molecule has 0 aliphatic heterocycles. The number of hydrogen-bond donors (Lipinski definition) is 0. The Kier molecular flexibility index (Phi) is 6.33. The molecule has 0 fully saturated rings. The van der Waals surface area contributed by atoms with E-state index in [-0.39, 0.29) is 28.6 Å². The molecule has 54 heavy (non-hydrogen) atoms. The fraction of sp³-hybridized carbons (Fsp3) is 0. The second-order valence-corrected chi connectivity index (χ2v) is 12.2. The van der Waals surface area contributed by atoms with Gasteiger partial charge in [-0.2, -0.15) is 0 Å². The highest BCUT2D eigenvalue weighted by atomic mass is 15.0. The van der Waals surface area contributed by atoms with Crippen molar-refractivity contribution in [2.75, 3.05) is 0 Å². The molecule has 0 radical (unpaired) electrons. The van der Waals surface area contributed by atoms with Gasteiger partial charge in [-0.3, -0.25) is 0 Å². The largest absolute Gasteiger partial charge is 0.228 e. The average Bonchev–Trinajstić information content (AvgIpc) is 3.34. The maximum atomic E-state index is 8.67. The van der Waals surface area contributed by atoms with Gasteiger partial charge in [-0.15, -0.1) is 0 Å². The highest BCUT2D eigenvalue weighted by Crippen LogP contribution is 2.33. The summed E-state index contributed by atoms with van der Waals surface area (Å²) in [5.74, 6) is -0.130. The first kappa shape index (κ1) is 23.2. The Balaban J connectivity index is 1.16. The van der Waals surface area contributed by atoms with Gasteiger partial charge in [0.25, 0.3) is 0 Å². The van der Waals surface area contributed by atoms with Crippen molar-refractivity contribution in [2.45, 2.75) is 0 Å². The zero-order chi connectivity index (χ0) is 44.8. The van der Waals surface area contributed by atoms with Crippen molar-refractivity contribution < 1.29 is 13.7 Å². The Morgan fingerprint density at radius 3 is 1.22 bits per heavy atom. The lowest BCUT2D eigenvalue weighted by Crippen LogP contribution is -2.00. The molecule has 2 heterocycles. The van der Waals surface area contributed by atoms with Gasteiger partial charge < -0.3 is 0 Å². The Morgan fingerprint density at radius 2 is 0.648 bits per heavy atom. The van der Waals surface area contributed by atoms with Crippen LogP contribution in [-0.2, 0) is 0 Å². The first-order valence-electron chi connectivity index (χ1n) is 22.1. The van der Waals surface area contributed by atoms with Crippen molar-refractivity contribution in [3.05, 3.63) is 200 Å². The third-order valence-corrected chi connectivity index (χ3v) is 8.74. The van der Waals surface area contributed by atoms with Crippen LogP contribution in [-0.4, -0.2) is 24.9 Å². The van der Waals surface area contributed by atoms with E-state index in [0.717, 1.165) is 44.6 Å². The number of benzene rings is 7. The molecular weight excluding hydrogens is 659 g/mol. The van der Waals surface area contributed by atoms with E-state index >= 15 is 0 Å². The molecule has 2 aromatic heterocycles. The molecule has 0 aliphatic carbocycles. The molecule has 0 aliphatic rings. The minimum Gasteiger partial charge on any atom is -0.228 e. The van der Waals surface area contributed by atoms with Gasteiger partial charge in [-0.05, 0) is 40.5 Å². The van der Waals surface area contributed by atoms with E-state index in [1.807, 2.05) is 84.9 Å². The van der Waals surface area contributed by atoms with E-state index in [9.17, 15) is 0 Å². The van der Waals surface area contributed by atoms with E-state index in [4.69, 9.17) is 23.7 Å². The molecule has 0 saturated heterocycles. The van der Waals surface area contributed by atoms with Gasteiger partial charge in [-0.1, -0.05) is 182 Å². The van der Waals surface area contributed by atoms with Gasteiger partial charge in [0.05, 0.1) is 25.1 Å². The van der Waals surface area contributed by atoms with Crippen LogP contribution in [0.5, 0.6) is 0 Å². The summed E-state index contributed by atoms with van der Waals surface area (Å²) in [6.07, 6.45) is 0. The Labute approximate surface area is 328 Å². The van der Waals surface area contributed by atoms with Crippen LogP contribution in [0.25, 0.3) is 90.3 Å². The summed E-state index contributed by atoms with van der Waals surface area (Å²) in [6.45, 7) is 0. The lowest BCUT2D eigenvalue weighted by Gasteiger charge is -2.12. The Bertz CT molecular complexity index is 3130. The molecule has 0 atom stereocenters. The molecule has 0 N–H and O–H groups in total. The molecule has 0 unspecified atom stereocenters. The molecule has 254 valence electrons. The molecule has 7 aromatic carbocycles. The lowest BCUT2D eigenvalue weighted by molar-refractivity contribution is 1.07. The minimum atomic E-state index is -0.614. The van der Waals surface area contributed by atoms with Gasteiger partial charge in [0.1, 0.15) is 0 Å². The van der Waals surface area contributed by atoms with Crippen LogP contribution >= 0.6 is 0 Å². The van der Waals surface area contributed by atoms with Gasteiger partial charge in [0, 0.05) is 33.4 Å². The van der Waals surface area contributed by atoms with Crippen molar-refractivity contribution >= 4 is 0 Å². The van der Waals surface area contributed by atoms with E-state index in [2.05, 4.69) is 51.4 Å². The third kappa shape index (κ3) is 6.94. The summed E-state index contributed by atoms with van der Waals surface area (Å²) in [5, 5.41) is 0. The summed E-state index contributed by atoms with van der Waals surface area (Å²) >= 11 is 0. The SMILES string of the molecule is [2H]c1c([2H])c([2H])c(-c2nc(-c3cccc(-c4cccc(-c5cc(-c6ccc(-c7ccccc7)cc6)nc(-c6ccccc6)n5)c4)c3)nc(-c3c([2H])c([2H])c([2H])c([2H])c3[2H])n2)c([2H])c1[2H]. The molecule has 0 saturated carbocycles. The molecule has 5 nitrogen and oxygen atoms in total. The number of hydrogen-bond acceptors (Lipinski definition) is 5. The topological polar surface area (TPSA) is 64.5 Å². The monoisotopic (exact) mass is 701 g/mol. The minimum absolute atomic E-state index is 0.0251. The summed E-state index contributed by atoms with van der Waals surface area (Å²) < 4.78 is 84.1. The molecular formula is C49H33N5. The van der Waals surface area contributed by atoms with Crippen molar-refractivity contribution in [3.8, 4) is 90.3 Å². The standard InChI is InChI=1S/C49H33N5/c1-5-15-34(16-6-1)35-27-29-36(30-28-35)44-33-45(51-46(50-44)37-17-7-2-8-18-37)42-25-13-23-40(31-42)41-24-14-26-43(32-41)49-53-47(38-19-9-3-10-20-38)52-48(54-49)39-21-11-4-12-22-39/h1-33H/i3D,4D,9D,10D,11D,12D,19D,20D,21D,22D. The first-order chi connectivity index (χ1) is 30.9. The van der Waals surface area contributed by atoms with Crippen LogP contribution in [0.2, 0.25) is 0 Å². The molecule has 9 aromatic rings. The quantitative estimate of drug-likeness (QED) is 0.158. The van der Waals surface area contributed by atoms with E-state index in [1.165, 1.54) is 0 Å². The molecule has 0 spiro atoms. The predicted octanol–water partition coefficient (Wildman–Crippen LogP) is 12.0. The van der Waals surface area contributed by atoms with Crippen LogP contribution in [0.3, 0.4) is 0 Å². The fourth-order valence-electron chi connectivity index (χ4n) is 6.07. The summed E-state index contributed by atoms with van der Waals surface area (Å²) in [6, 6.07) is 39.2. The van der Waals surface area contributed by atoms with Gasteiger partial charge in [-0.25, -0.2) is 24.9 Å². The number of aromatic nitrogens is 5. The summed E-state index contributed by atoms with van der Waals surface area (Å²) in [5.41, 5.74) is 7.53. The average molecular weight is 702 g/mol. The normalized spacial score (nSPS) is 13.6. The number of nitrogens with zero attached hydrogens (tertiary/aromatic N) is 5. The highest BCUT2D eigenvalue weighted by Gasteiger charge is 2.15. The summed E-state index contributed by atoms with van der Waals surface area (Å²) in [4.78, 5) is 23.6. The van der Waals surface area contributed by atoms with Crippen LogP contribution in [0.15, 0.2) is 200 Å². The summed E-state index contributed by atoms with van der Waals surface area (Å²) in [7, 11) is 0. The van der Waals surface area contributed by atoms with Crippen molar-refractivity contribution in [3.63, 3.8) is 0 Å². The predicted molar refractivity (Wildman–Crippen MR) is 219 cm³/mol. The molecule has 0 bridgehead atoms. The zero-order valence-electron chi connectivity index (χ0n) is 38.5. The van der Waals surface area contributed by atoms with Gasteiger partial charge in [0.15, 0.2) is 23.3 Å². The van der Waals surface area contributed by atoms with Gasteiger partial charge in [0.2, 0.25) is 0 Å². The second-order valence-electron chi connectivity index (χ2n) is 12.2. The molecule has 5 heteroatoms. The second kappa shape index (κ2) is 14.7. The van der Waals surface area contributed by atoms with Crippen molar-refractivity contribution in [1.82, 2.24) is 24.9 Å². The van der Waals surface area contributed by atoms with E-state index in [1.54, 1.807) is 18.2 Å². The third-order valence-electron chi connectivity index (χ3n) is 8.74. The van der Waals surface area contributed by atoms with Crippen LogP contribution < -0.4 is 0 Å². The van der Waals surface area contributed by atoms with Gasteiger partial charge >= 0.3 is 0 Å². The maximum absolute atomic E-state index is 8.67. The smallest absolute Gasteiger partial charge is 0.164 e. The van der Waals surface area contributed by atoms with Crippen LogP contribution in [0.4, 0.5) is 0 Å². The Morgan fingerprint density at radius 1 is 0.259 bits per heavy atom. The van der Waals surface area contributed by atoms with Crippen molar-refractivity contribution in [2.24, 2.45) is 0 Å². The zero-order valence-corrected chi connectivity index (χ0v) is 28.5. The fourth-order valence-corrected chi connectivity index (χ4v) is 6.07. The van der Waals surface area contributed by atoms with E-state index in [0.29, 0.717) is 17.1 Å². The van der Waals surface area contributed by atoms with Crippen molar-refractivity contribution in [1.29, 1.82) is 0 Å². The van der Waals surface area contributed by atoms with Crippen LogP contribution in [0, 0.1) is 0 Å². The van der Waals surface area contributed by atoms with Crippen LogP contribution in [0.1, 0.15) is 13.7 Å². The first-order valence-corrected chi connectivity index (χ1v) is 17.1.